The van der Waals surface area contributed by atoms with Crippen molar-refractivity contribution in [2.75, 3.05) is 0 Å². The molecule has 2 heterocycles. The van der Waals surface area contributed by atoms with E-state index in [-0.39, 0.29) is 0 Å². The van der Waals surface area contributed by atoms with Gasteiger partial charge in [-0.3, -0.25) is 0 Å². The van der Waals surface area contributed by atoms with Gasteiger partial charge in [0.05, 0.1) is 46.0 Å². The van der Waals surface area contributed by atoms with Crippen LogP contribution in [0.2, 0.25) is 0 Å². The van der Waals surface area contributed by atoms with Crippen LogP contribution in [0.1, 0.15) is 5.56 Å². The van der Waals surface area contributed by atoms with Gasteiger partial charge in [-0.25, -0.2) is 4.85 Å². The molecule has 48 heavy (non-hydrogen) atoms. The molecule has 0 amide bonds. The third kappa shape index (κ3) is 4.14. The summed E-state index contributed by atoms with van der Waals surface area (Å²) in [6, 6.07) is 57.0. The Morgan fingerprint density at radius 1 is 0.479 bits per heavy atom. The van der Waals surface area contributed by atoms with Crippen molar-refractivity contribution in [2.45, 2.75) is 0 Å². The number of rotatable bonds is 4. The van der Waals surface area contributed by atoms with Gasteiger partial charge in [-0.15, -0.1) is 0 Å². The van der Waals surface area contributed by atoms with Crippen LogP contribution in [0.3, 0.4) is 0 Å². The monoisotopic (exact) mass is 610 g/mol. The second kappa shape index (κ2) is 10.9. The Bertz CT molecular complexity index is 2790. The molecule has 0 spiro atoms. The molecule has 4 nitrogen and oxygen atoms in total. The Kier molecular flexibility index (Phi) is 6.22. The Labute approximate surface area is 277 Å². The van der Waals surface area contributed by atoms with Crippen LogP contribution >= 0.6 is 0 Å². The number of aromatic nitrogens is 2. The molecule has 0 aliphatic heterocycles. The minimum absolute atomic E-state index is 0.354. The lowest BCUT2D eigenvalue weighted by molar-refractivity contribution is 1.18. The normalized spacial score (nSPS) is 11.3. The summed E-state index contributed by atoms with van der Waals surface area (Å²) in [5, 5.41) is 14.7. The number of nitrogens with zero attached hydrogens (tertiary/aromatic N) is 4. The maximum atomic E-state index is 10.0. The van der Waals surface area contributed by atoms with E-state index in [4.69, 9.17) is 6.57 Å². The molecule has 0 aliphatic rings. The molecular weight excluding hydrogens is 585 g/mol. The molecule has 222 valence electrons. The topological polar surface area (TPSA) is 38.0 Å². The van der Waals surface area contributed by atoms with Crippen LogP contribution in [0.15, 0.2) is 158 Å². The molecule has 9 rings (SSSR count). The van der Waals surface area contributed by atoms with E-state index in [0.717, 1.165) is 55.4 Å². The zero-order chi connectivity index (χ0) is 32.2. The molecule has 9 aromatic rings. The van der Waals surface area contributed by atoms with Gasteiger partial charge in [-0.1, -0.05) is 97.1 Å². The number of hydrogen-bond acceptors (Lipinski definition) is 1. The average molecular weight is 611 g/mol. The number of fused-ring (bicyclic) bond motifs is 6. The van der Waals surface area contributed by atoms with Crippen LogP contribution in [0.4, 0.5) is 5.69 Å². The molecule has 0 saturated carbocycles. The SMILES string of the molecule is [C-]#[N+]c1cc(-c2ccccc2)c(-n2c3ccccc3c3cc(-c4ccc5c(c4)c4ccccc4n5-c4ccccc4)ccc32)cc1C#N. The molecule has 0 saturated heterocycles. The summed E-state index contributed by atoms with van der Waals surface area (Å²) in [6.45, 7) is 7.77. The van der Waals surface area contributed by atoms with Gasteiger partial charge < -0.3 is 9.13 Å². The quantitative estimate of drug-likeness (QED) is 0.183. The lowest BCUT2D eigenvalue weighted by Crippen LogP contribution is -1.98. The van der Waals surface area contributed by atoms with E-state index in [1.165, 1.54) is 21.8 Å². The van der Waals surface area contributed by atoms with Gasteiger partial charge in [0.15, 0.2) is 0 Å². The van der Waals surface area contributed by atoms with Crippen molar-refractivity contribution >= 4 is 49.3 Å². The number of para-hydroxylation sites is 3. The number of hydrogen-bond donors (Lipinski definition) is 0. The highest BCUT2D eigenvalue weighted by atomic mass is 15.0. The molecule has 7 aromatic carbocycles. The van der Waals surface area contributed by atoms with Gasteiger partial charge in [0.25, 0.3) is 0 Å². The van der Waals surface area contributed by atoms with Gasteiger partial charge in [0.2, 0.25) is 5.69 Å². The molecule has 0 unspecified atom stereocenters. The largest absolute Gasteiger partial charge is 0.309 e. The van der Waals surface area contributed by atoms with E-state index in [9.17, 15) is 5.26 Å². The van der Waals surface area contributed by atoms with Crippen LogP contribution in [-0.4, -0.2) is 9.13 Å². The van der Waals surface area contributed by atoms with Crippen LogP contribution in [0, 0.1) is 17.9 Å². The zero-order valence-corrected chi connectivity index (χ0v) is 25.8. The summed E-state index contributed by atoms with van der Waals surface area (Å²) >= 11 is 0. The molecule has 4 heteroatoms. The van der Waals surface area contributed by atoms with Crippen LogP contribution < -0.4 is 0 Å². The highest BCUT2D eigenvalue weighted by Crippen LogP contribution is 2.41. The van der Waals surface area contributed by atoms with Crippen LogP contribution in [0.5, 0.6) is 0 Å². The molecular formula is C44H26N4. The summed E-state index contributed by atoms with van der Waals surface area (Å²) in [7, 11) is 0. The predicted molar refractivity (Wildman–Crippen MR) is 197 cm³/mol. The van der Waals surface area contributed by atoms with Crippen LogP contribution in [-0.2, 0) is 0 Å². The molecule has 2 aromatic heterocycles. The molecule has 0 bridgehead atoms. The van der Waals surface area contributed by atoms with Crippen molar-refractivity contribution < 1.29 is 0 Å². The Hall–Kier alpha value is -6.88. The molecule has 0 aliphatic carbocycles. The first-order valence-electron chi connectivity index (χ1n) is 15.9. The second-order valence-electron chi connectivity index (χ2n) is 12.0. The van der Waals surface area contributed by atoms with Crippen molar-refractivity contribution in [3.05, 3.63) is 175 Å². The lowest BCUT2D eigenvalue weighted by Gasteiger charge is -2.16. The van der Waals surface area contributed by atoms with E-state index in [1.807, 2.05) is 30.3 Å². The summed E-state index contributed by atoms with van der Waals surface area (Å²) in [5.74, 6) is 0. The first-order valence-corrected chi connectivity index (χ1v) is 15.9. The summed E-state index contributed by atoms with van der Waals surface area (Å²) in [6.07, 6.45) is 0. The fourth-order valence-corrected chi connectivity index (χ4v) is 7.21. The predicted octanol–water partition coefficient (Wildman–Crippen LogP) is 11.6. The summed E-state index contributed by atoms with van der Waals surface area (Å²) in [5.41, 5.74) is 11.4. The number of benzene rings is 7. The number of nitriles is 1. The van der Waals surface area contributed by atoms with Gasteiger partial charge in [-0.05, 0) is 82.9 Å². The highest BCUT2D eigenvalue weighted by Gasteiger charge is 2.19. The zero-order valence-electron chi connectivity index (χ0n) is 25.8. The van der Waals surface area contributed by atoms with Crippen molar-refractivity contribution in [2.24, 2.45) is 0 Å². The fraction of sp³-hybridized carbons (Fsp3) is 0. The summed E-state index contributed by atoms with van der Waals surface area (Å²) in [4.78, 5) is 3.70. The fourth-order valence-electron chi connectivity index (χ4n) is 7.21. The lowest BCUT2D eigenvalue weighted by atomic mass is 9.99. The first kappa shape index (κ1) is 27.4. The third-order valence-corrected chi connectivity index (χ3v) is 9.37. The standard InChI is InChI=1S/C44H26N4/c1-46-39-27-36(29-12-4-2-5-13-29)44(26-32(39)28-45)48-41-19-11-9-17-35(41)38-25-31(21-23-43(38)48)30-20-22-42-37(24-30)34-16-8-10-18-40(34)47(42)33-14-6-3-7-15-33/h2-27H. The van der Waals surface area contributed by atoms with Crippen molar-refractivity contribution in [3.63, 3.8) is 0 Å². The molecule has 0 fully saturated rings. The van der Waals surface area contributed by atoms with Crippen molar-refractivity contribution in [3.8, 4) is 39.7 Å². The van der Waals surface area contributed by atoms with E-state index < -0.39 is 0 Å². The molecule has 0 atom stereocenters. The van der Waals surface area contributed by atoms with Crippen molar-refractivity contribution in [1.82, 2.24) is 9.13 Å². The minimum atomic E-state index is 0.354. The third-order valence-electron chi connectivity index (χ3n) is 9.37. The molecule has 0 radical (unpaired) electrons. The summed E-state index contributed by atoms with van der Waals surface area (Å²) < 4.78 is 4.58. The van der Waals surface area contributed by atoms with E-state index in [2.05, 4.69) is 147 Å². The van der Waals surface area contributed by atoms with E-state index in [0.29, 0.717) is 11.3 Å². The second-order valence-corrected chi connectivity index (χ2v) is 12.0. The Balaban J connectivity index is 1.28. The van der Waals surface area contributed by atoms with E-state index in [1.54, 1.807) is 0 Å². The Morgan fingerprint density at radius 2 is 1.00 bits per heavy atom. The smallest absolute Gasteiger partial charge is 0.205 e. The minimum Gasteiger partial charge on any atom is -0.309 e. The van der Waals surface area contributed by atoms with Crippen LogP contribution in [0.25, 0.3) is 82.1 Å². The average Bonchev–Trinajstić information content (AvgIpc) is 3.67. The van der Waals surface area contributed by atoms with Gasteiger partial charge in [0.1, 0.15) is 0 Å². The molecule has 0 N–H and O–H groups in total. The first-order chi connectivity index (χ1) is 23.7. The Morgan fingerprint density at radius 3 is 1.60 bits per heavy atom. The van der Waals surface area contributed by atoms with Gasteiger partial charge in [-0.2, -0.15) is 5.26 Å². The highest BCUT2D eigenvalue weighted by molar-refractivity contribution is 6.13. The van der Waals surface area contributed by atoms with Gasteiger partial charge >= 0.3 is 0 Å². The van der Waals surface area contributed by atoms with Crippen molar-refractivity contribution in [1.29, 1.82) is 5.26 Å². The maximum Gasteiger partial charge on any atom is 0.205 e. The van der Waals surface area contributed by atoms with E-state index >= 15 is 0 Å². The van der Waals surface area contributed by atoms with Gasteiger partial charge in [0, 0.05) is 27.2 Å². The maximum absolute atomic E-state index is 10.0.